The summed E-state index contributed by atoms with van der Waals surface area (Å²) in [6.07, 6.45) is 5.94. The van der Waals surface area contributed by atoms with Crippen molar-refractivity contribution in [3.05, 3.63) is 47.9 Å². The fourth-order valence-corrected chi connectivity index (χ4v) is 3.03. The third kappa shape index (κ3) is 3.88. The second-order valence-corrected chi connectivity index (χ2v) is 6.17. The van der Waals surface area contributed by atoms with Crippen LogP contribution in [0.25, 0.3) is 0 Å². The van der Waals surface area contributed by atoms with Crippen LogP contribution in [0.3, 0.4) is 0 Å². The van der Waals surface area contributed by atoms with Gasteiger partial charge in [0.1, 0.15) is 11.6 Å². The number of rotatable bonds is 6. The normalized spacial score (nSPS) is 20.3. The van der Waals surface area contributed by atoms with E-state index in [0.29, 0.717) is 30.0 Å². The van der Waals surface area contributed by atoms with Gasteiger partial charge in [-0.1, -0.05) is 0 Å². The first-order valence-electron chi connectivity index (χ1n) is 8.22. The molecule has 7 nitrogen and oxygen atoms in total. The van der Waals surface area contributed by atoms with Crippen molar-refractivity contribution in [3.63, 3.8) is 0 Å². The van der Waals surface area contributed by atoms with Crippen LogP contribution in [0.2, 0.25) is 0 Å². The number of hydrogen-bond acceptors (Lipinski definition) is 6. The fourth-order valence-electron chi connectivity index (χ4n) is 3.03. The number of hydrogen-bond donors (Lipinski definition) is 3. The minimum Gasteiger partial charge on any atom is -0.495 e. The predicted octanol–water partition coefficient (Wildman–Crippen LogP) is 1.77. The molecule has 132 valence electrons. The van der Waals surface area contributed by atoms with Crippen molar-refractivity contribution in [1.82, 2.24) is 15.3 Å². The third-order valence-corrected chi connectivity index (χ3v) is 4.52. The Balaban J connectivity index is 1.83. The maximum absolute atomic E-state index is 12.7. The summed E-state index contributed by atoms with van der Waals surface area (Å²) in [5, 5.41) is 15.7. The number of aliphatic hydroxyl groups excluding tert-OH is 1. The molecule has 0 saturated heterocycles. The quantitative estimate of drug-likeness (QED) is 0.740. The lowest BCUT2D eigenvalue weighted by molar-refractivity contribution is 0.0234. The highest BCUT2D eigenvalue weighted by Crippen LogP contribution is 2.38. The van der Waals surface area contributed by atoms with Gasteiger partial charge >= 0.3 is 0 Å². The summed E-state index contributed by atoms with van der Waals surface area (Å²) < 4.78 is 5.24. The van der Waals surface area contributed by atoms with Gasteiger partial charge in [-0.2, -0.15) is 0 Å². The Morgan fingerprint density at radius 2 is 2.16 bits per heavy atom. The summed E-state index contributed by atoms with van der Waals surface area (Å²) in [6.45, 7) is 0. The molecule has 25 heavy (non-hydrogen) atoms. The molecule has 1 saturated carbocycles. The minimum atomic E-state index is -0.306. The minimum absolute atomic E-state index is 0.165. The van der Waals surface area contributed by atoms with Gasteiger partial charge in [-0.3, -0.25) is 9.78 Å². The average molecular weight is 342 g/mol. The van der Waals surface area contributed by atoms with Crippen LogP contribution in [0.1, 0.15) is 34.8 Å². The van der Waals surface area contributed by atoms with Gasteiger partial charge in [-0.15, -0.1) is 0 Å². The number of ether oxygens (including phenoxy) is 1. The molecule has 2 aromatic rings. The van der Waals surface area contributed by atoms with E-state index in [9.17, 15) is 9.90 Å². The van der Waals surface area contributed by atoms with Gasteiger partial charge in [0.25, 0.3) is 5.91 Å². The summed E-state index contributed by atoms with van der Waals surface area (Å²) in [4.78, 5) is 21.0. The van der Waals surface area contributed by atoms with Crippen molar-refractivity contribution >= 4 is 11.7 Å². The second kappa shape index (κ2) is 7.48. The number of anilines is 1. The number of carbonyl (C=O) groups is 1. The van der Waals surface area contributed by atoms with E-state index in [-0.39, 0.29) is 24.0 Å². The van der Waals surface area contributed by atoms with Gasteiger partial charge < -0.3 is 20.5 Å². The number of nitrogens with zero attached hydrogens (tertiary/aromatic N) is 2. The highest BCUT2D eigenvalue weighted by molar-refractivity contribution is 5.95. The summed E-state index contributed by atoms with van der Waals surface area (Å²) in [7, 11) is 3.34. The lowest BCUT2D eigenvalue weighted by Crippen LogP contribution is -2.41. The fraction of sp³-hybridized carbons (Fsp3) is 0.389. The van der Waals surface area contributed by atoms with Gasteiger partial charge in [0, 0.05) is 25.0 Å². The number of amides is 1. The Bertz CT molecular complexity index is 747. The van der Waals surface area contributed by atoms with Crippen LogP contribution in [0.4, 0.5) is 5.82 Å². The number of pyridine rings is 2. The van der Waals surface area contributed by atoms with Crippen molar-refractivity contribution in [2.75, 3.05) is 19.5 Å². The summed E-state index contributed by atoms with van der Waals surface area (Å²) >= 11 is 0. The number of aliphatic hydroxyl groups is 1. The van der Waals surface area contributed by atoms with Crippen LogP contribution in [-0.2, 0) is 0 Å². The highest BCUT2D eigenvalue weighted by atomic mass is 16.5. The molecule has 2 aromatic heterocycles. The average Bonchev–Trinajstić information content (AvgIpc) is 2.63. The number of methoxy groups -OCH3 is 1. The first kappa shape index (κ1) is 17.2. The van der Waals surface area contributed by atoms with E-state index in [4.69, 9.17) is 4.74 Å². The van der Waals surface area contributed by atoms with Crippen molar-refractivity contribution in [1.29, 1.82) is 0 Å². The molecule has 0 bridgehead atoms. The van der Waals surface area contributed by atoms with Gasteiger partial charge in [0.05, 0.1) is 25.5 Å². The molecule has 1 aliphatic rings. The molecule has 7 heteroatoms. The van der Waals surface area contributed by atoms with E-state index in [1.54, 1.807) is 44.9 Å². The van der Waals surface area contributed by atoms with Crippen molar-refractivity contribution < 1.29 is 14.6 Å². The molecular weight excluding hydrogens is 320 g/mol. The Morgan fingerprint density at radius 1 is 1.36 bits per heavy atom. The lowest BCUT2D eigenvalue weighted by atomic mass is 9.75. The summed E-state index contributed by atoms with van der Waals surface area (Å²) in [5.41, 5.74) is 1.40. The second-order valence-electron chi connectivity index (χ2n) is 6.17. The third-order valence-electron chi connectivity index (χ3n) is 4.52. The molecule has 1 amide bonds. The maximum atomic E-state index is 12.7. The Hall–Kier alpha value is -2.67. The lowest BCUT2D eigenvalue weighted by Gasteiger charge is -2.38. The zero-order valence-corrected chi connectivity index (χ0v) is 14.3. The zero-order valence-electron chi connectivity index (χ0n) is 14.3. The van der Waals surface area contributed by atoms with Crippen LogP contribution in [0.5, 0.6) is 5.75 Å². The molecule has 0 aliphatic heterocycles. The van der Waals surface area contributed by atoms with Gasteiger partial charge in [-0.25, -0.2) is 4.98 Å². The molecule has 3 N–H and O–H groups in total. The number of nitrogens with one attached hydrogen (secondary N) is 2. The molecule has 0 radical (unpaired) electrons. The van der Waals surface area contributed by atoms with Crippen LogP contribution in [0, 0.1) is 5.92 Å². The molecule has 0 aromatic carbocycles. The number of carbonyl (C=O) groups excluding carboxylic acids is 1. The predicted molar refractivity (Wildman–Crippen MR) is 93.5 cm³/mol. The van der Waals surface area contributed by atoms with E-state index >= 15 is 0 Å². The van der Waals surface area contributed by atoms with Crippen molar-refractivity contribution in [3.8, 4) is 5.75 Å². The monoisotopic (exact) mass is 342 g/mol. The van der Waals surface area contributed by atoms with Crippen molar-refractivity contribution in [2.24, 2.45) is 5.92 Å². The van der Waals surface area contributed by atoms with E-state index in [2.05, 4.69) is 20.6 Å². The van der Waals surface area contributed by atoms with E-state index in [1.165, 1.54) is 0 Å². The van der Waals surface area contributed by atoms with Crippen molar-refractivity contribution in [2.45, 2.75) is 25.0 Å². The first-order chi connectivity index (χ1) is 12.1. The molecule has 2 heterocycles. The Kier molecular flexibility index (Phi) is 5.14. The molecule has 0 unspecified atom stereocenters. The smallest absolute Gasteiger partial charge is 0.251 e. The van der Waals surface area contributed by atoms with E-state index < -0.39 is 0 Å². The molecular formula is C18H22N4O3. The van der Waals surface area contributed by atoms with E-state index in [0.717, 1.165) is 5.56 Å². The molecule has 3 rings (SSSR count). The first-order valence-corrected chi connectivity index (χ1v) is 8.22. The van der Waals surface area contributed by atoms with Gasteiger partial charge in [-0.05, 0) is 42.5 Å². The summed E-state index contributed by atoms with van der Waals surface area (Å²) in [5.74, 6) is 1.25. The van der Waals surface area contributed by atoms with Gasteiger partial charge in [0.15, 0.2) is 0 Å². The Morgan fingerprint density at radius 3 is 2.84 bits per heavy atom. The van der Waals surface area contributed by atoms with Crippen LogP contribution >= 0.6 is 0 Å². The maximum Gasteiger partial charge on any atom is 0.251 e. The van der Waals surface area contributed by atoms with Crippen LogP contribution < -0.4 is 15.4 Å². The molecule has 1 aliphatic carbocycles. The molecule has 1 fully saturated rings. The Labute approximate surface area is 146 Å². The standard InChI is InChI=1S/C18H22N4O3/c1-19-16-8-11(3-4-21-16)18(24)22-17(12-5-14(23)6-12)13-7-15(25-2)10-20-9-13/h3-4,7-10,12,14,17,23H,5-6H2,1-2H3,(H,19,21)(H,22,24)/t12?,14?,17-/m1/s1. The molecule has 1 atom stereocenters. The highest BCUT2D eigenvalue weighted by Gasteiger charge is 2.36. The molecule has 0 spiro atoms. The summed E-state index contributed by atoms with van der Waals surface area (Å²) in [6, 6.07) is 5.01. The largest absolute Gasteiger partial charge is 0.495 e. The zero-order chi connectivity index (χ0) is 17.8. The van der Waals surface area contributed by atoms with Gasteiger partial charge in [0.2, 0.25) is 0 Å². The SMILES string of the molecule is CNc1cc(C(=O)N[C@@H](c2cncc(OC)c2)C2CC(O)C2)ccn1. The number of aromatic nitrogens is 2. The van der Waals surface area contributed by atoms with Crippen LogP contribution in [0.15, 0.2) is 36.8 Å². The van der Waals surface area contributed by atoms with E-state index in [1.807, 2.05) is 6.07 Å². The topological polar surface area (TPSA) is 96.4 Å². The van der Waals surface area contributed by atoms with Crippen LogP contribution in [-0.4, -0.2) is 41.2 Å².